The van der Waals surface area contributed by atoms with Crippen molar-refractivity contribution in [1.82, 2.24) is 20.4 Å². The van der Waals surface area contributed by atoms with Gasteiger partial charge in [0, 0.05) is 12.2 Å². The Labute approximate surface area is 149 Å². The molecular formula is C20H28N4O. The topological polar surface area (TPSA) is 61.0 Å². The number of aromatic amines is 1. The van der Waals surface area contributed by atoms with Gasteiger partial charge in [0.15, 0.2) is 0 Å². The number of likely N-dealkylation sites (N-methyl/N-ethyl adjacent to an activating group) is 1. The summed E-state index contributed by atoms with van der Waals surface area (Å²) < 4.78 is 0. The number of fused-ring (bicyclic) bond motifs is 1. The Bertz CT molecular complexity index is 720. The summed E-state index contributed by atoms with van der Waals surface area (Å²) in [5, 5.41) is 10.7. The summed E-state index contributed by atoms with van der Waals surface area (Å²) in [7, 11) is 1.97. The second-order valence-corrected chi connectivity index (χ2v) is 7.21. The number of amides is 1. The first-order valence-electron chi connectivity index (χ1n) is 9.12. The molecule has 1 heterocycles. The van der Waals surface area contributed by atoms with Crippen molar-refractivity contribution in [1.29, 1.82) is 0 Å². The first-order valence-corrected chi connectivity index (χ1v) is 9.12. The Morgan fingerprint density at radius 1 is 1.28 bits per heavy atom. The van der Waals surface area contributed by atoms with Crippen LogP contribution in [0.5, 0.6) is 0 Å². The van der Waals surface area contributed by atoms with Gasteiger partial charge in [-0.2, -0.15) is 5.10 Å². The highest BCUT2D eigenvalue weighted by Crippen LogP contribution is 2.22. The standard InChI is InChI=1S/C20H28N4O/c1-14-8-10-16(11-9-14)15(2)21-20(25)13-24(3)12-19-17-6-4-5-7-18(17)22-23-19/h8-11,15H,4-7,12-13H2,1-3H3,(H,21,25)(H,22,23)/t15-/m1/s1. The molecule has 0 spiro atoms. The number of carbonyl (C=O) groups is 1. The molecule has 0 fully saturated rings. The van der Waals surface area contributed by atoms with Crippen molar-refractivity contribution in [2.24, 2.45) is 0 Å². The molecule has 1 aliphatic rings. The van der Waals surface area contributed by atoms with E-state index in [1.54, 1.807) is 0 Å². The third-order valence-corrected chi connectivity index (χ3v) is 4.93. The highest BCUT2D eigenvalue weighted by molar-refractivity contribution is 5.78. The van der Waals surface area contributed by atoms with Crippen molar-refractivity contribution in [3.8, 4) is 0 Å². The van der Waals surface area contributed by atoms with E-state index in [9.17, 15) is 4.79 Å². The lowest BCUT2D eigenvalue weighted by molar-refractivity contribution is -0.122. The maximum absolute atomic E-state index is 12.3. The van der Waals surface area contributed by atoms with Crippen molar-refractivity contribution in [2.75, 3.05) is 13.6 Å². The van der Waals surface area contributed by atoms with E-state index < -0.39 is 0 Å². The summed E-state index contributed by atoms with van der Waals surface area (Å²) in [4.78, 5) is 14.4. The van der Waals surface area contributed by atoms with Crippen LogP contribution in [0, 0.1) is 6.92 Å². The zero-order chi connectivity index (χ0) is 17.8. The number of rotatable bonds is 6. The highest BCUT2D eigenvalue weighted by atomic mass is 16.2. The first-order chi connectivity index (χ1) is 12.0. The van der Waals surface area contributed by atoms with Crippen LogP contribution >= 0.6 is 0 Å². The Morgan fingerprint density at radius 3 is 2.76 bits per heavy atom. The molecule has 1 amide bonds. The summed E-state index contributed by atoms with van der Waals surface area (Å²) in [6.45, 7) is 5.17. The molecule has 2 N–H and O–H groups in total. The van der Waals surface area contributed by atoms with Gasteiger partial charge in [-0.05, 0) is 57.7 Å². The first kappa shape index (κ1) is 17.7. The van der Waals surface area contributed by atoms with Crippen LogP contribution in [-0.4, -0.2) is 34.6 Å². The maximum Gasteiger partial charge on any atom is 0.234 e. The van der Waals surface area contributed by atoms with Crippen LogP contribution in [-0.2, 0) is 24.2 Å². The molecule has 2 aromatic rings. The molecule has 134 valence electrons. The molecular weight excluding hydrogens is 312 g/mol. The summed E-state index contributed by atoms with van der Waals surface area (Å²) in [5.41, 5.74) is 6.10. The lowest BCUT2D eigenvalue weighted by Crippen LogP contribution is -2.36. The molecule has 1 aromatic heterocycles. The van der Waals surface area contributed by atoms with Crippen LogP contribution in [0.25, 0.3) is 0 Å². The number of nitrogens with one attached hydrogen (secondary N) is 2. The van der Waals surface area contributed by atoms with E-state index >= 15 is 0 Å². The van der Waals surface area contributed by atoms with Gasteiger partial charge in [-0.25, -0.2) is 0 Å². The smallest absolute Gasteiger partial charge is 0.234 e. The molecule has 0 unspecified atom stereocenters. The molecule has 1 aromatic carbocycles. The van der Waals surface area contributed by atoms with E-state index in [0.717, 1.165) is 24.1 Å². The van der Waals surface area contributed by atoms with E-state index in [1.165, 1.54) is 29.7 Å². The zero-order valence-electron chi connectivity index (χ0n) is 15.4. The number of benzene rings is 1. The molecule has 1 aliphatic carbocycles. The Kier molecular flexibility index (Phi) is 5.53. The molecule has 0 saturated heterocycles. The minimum absolute atomic E-state index is 0.0136. The largest absolute Gasteiger partial charge is 0.348 e. The average molecular weight is 340 g/mol. The van der Waals surface area contributed by atoms with Gasteiger partial charge in [0.1, 0.15) is 0 Å². The minimum atomic E-state index is 0.0136. The van der Waals surface area contributed by atoms with E-state index in [0.29, 0.717) is 13.1 Å². The van der Waals surface area contributed by atoms with Crippen LogP contribution in [0.15, 0.2) is 24.3 Å². The monoisotopic (exact) mass is 340 g/mol. The predicted molar refractivity (Wildman–Crippen MR) is 99.3 cm³/mol. The van der Waals surface area contributed by atoms with E-state index in [1.807, 2.05) is 18.9 Å². The second-order valence-electron chi connectivity index (χ2n) is 7.21. The molecule has 0 radical (unpaired) electrons. The van der Waals surface area contributed by atoms with Crippen LogP contribution in [0.2, 0.25) is 0 Å². The Morgan fingerprint density at radius 2 is 2.00 bits per heavy atom. The Balaban J connectivity index is 1.52. The number of aromatic nitrogens is 2. The van der Waals surface area contributed by atoms with Gasteiger partial charge in [-0.15, -0.1) is 0 Å². The van der Waals surface area contributed by atoms with Crippen LogP contribution < -0.4 is 5.32 Å². The molecule has 0 aliphatic heterocycles. The summed E-state index contributed by atoms with van der Waals surface area (Å²) in [6, 6.07) is 8.30. The quantitative estimate of drug-likeness (QED) is 0.850. The fourth-order valence-corrected chi connectivity index (χ4v) is 3.46. The van der Waals surface area contributed by atoms with E-state index in [-0.39, 0.29) is 11.9 Å². The number of nitrogens with zero attached hydrogens (tertiary/aromatic N) is 2. The molecule has 0 bridgehead atoms. The highest BCUT2D eigenvalue weighted by Gasteiger charge is 2.19. The lowest BCUT2D eigenvalue weighted by atomic mass is 9.96. The molecule has 0 saturated carbocycles. The van der Waals surface area contributed by atoms with Gasteiger partial charge < -0.3 is 5.32 Å². The van der Waals surface area contributed by atoms with Crippen LogP contribution in [0.4, 0.5) is 0 Å². The third-order valence-electron chi connectivity index (χ3n) is 4.93. The normalized spacial score (nSPS) is 15.0. The molecule has 1 atom stereocenters. The van der Waals surface area contributed by atoms with Crippen molar-refractivity contribution in [2.45, 2.75) is 52.1 Å². The molecule has 5 nitrogen and oxygen atoms in total. The van der Waals surface area contributed by atoms with Crippen molar-refractivity contribution < 1.29 is 4.79 Å². The van der Waals surface area contributed by atoms with Gasteiger partial charge in [-0.1, -0.05) is 29.8 Å². The number of carbonyl (C=O) groups excluding carboxylic acids is 1. The summed E-state index contributed by atoms with van der Waals surface area (Å²) >= 11 is 0. The minimum Gasteiger partial charge on any atom is -0.348 e. The van der Waals surface area contributed by atoms with Crippen LogP contribution in [0.1, 0.15) is 53.9 Å². The maximum atomic E-state index is 12.3. The third kappa shape index (κ3) is 4.48. The lowest BCUT2D eigenvalue weighted by Gasteiger charge is -2.19. The van der Waals surface area contributed by atoms with Gasteiger partial charge >= 0.3 is 0 Å². The fraction of sp³-hybridized carbons (Fsp3) is 0.500. The van der Waals surface area contributed by atoms with Gasteiger partial charge in [0.05, 0.1) is 18.3 Å². The van der Waals surface area contributed by atoms with Gasteiger partial charge in [0.2, 0.25) is 5.91 Å². The summed E-state index contributed by atoms with van der Waals surface area (Å²) in [5.74, 6) is 0.0416. The number of aryl methyl sites for hydroxylation is 2. The molecule has 5 heteroatoms. The van der Waals surface area contributed by atoms with Crippen molar-refractivity contribution >= 4 is 5.91 Å². The second kappa shape index (κ2) is 7.83. The predicted octanol–water partition coefficient (Wildman–Crippen LogP) is 2.91. The average Bonchev–Trinajstić information content (AvgIpc) is 2.98. The van der Waals surface area contributed by atoms with E-state index in [2.05, 4.69) is 46.7 Å². The molecule has 25 heavy (non-hydrogen) atoms. The number of hydrogen-bond acceptors (Lipinski definition) is 3. The van der Waals surface area contributed by atoms with Gasteiger partial charge in [-0.3, -0.25) is 14.8 Å². The summed E-state index contributed by atoms with van der Waals surface area (Å²) in [6.07, 6.45) is 4.67. The number of H-pyrrole nitrogens is 1. The van der Waals surface area contributed by atoms with Gasteiger partial charge in [0.25, 0.3) is 0 Å². The van der Waals surface area contributed by atoms with E-state index in [4.69, 9.17) is 0 Å². The fourth-order valence-electron chi connectivity index (χ4n) is 3.46. The van der Waals surface area contributed by atoms with Crippen molar-refractivity contribution in [3.05, 3.63) is 52.3 Å². The zero-order valence-corrected chi connectivity index (χ0v) is 15.4. The SMILES string of the molecule is Cc1ccc([C@@H](C)NC(=O)CN(C)Cc2n[nH]c3c2CCCC3)cc1. The van der Waals surface area contributed by atoms with Crippen LogP contribution in [0.3, 0.4) is 0 Å². The number of hydrogen-bond donors (Lipinski definition) is 2. The Hall–Kier alpha value is -2.14. The van der Waals surface area contributed by atoms with Crippen molar-refractivity contribution in [3.63, 3.8) is 0 Å². The molecule has 3 rings (SSSR count).